The number of pyridine rings is 1. The Hall–Kier alpha value is -2.89. The molecule has 0 radical (unpaired) electrons. The summed E-state index contributed by atoms with van der Waals surface area (Å²) in [6.45, 7) is 1.98. The van der Waals surface area contributed by atoms with Gasteiger partial charge in [-0.2, -0.15) is 0 Å². The van der Waals surface area contributed by atoms with Crippen molar-refractivity contribution in [1.29, 1.82) is 0 Å². The van der Waals surface area contributed by atoms with E-state index in [1.165, 1.54) is 6.20 Å². The first-order valence-corrected chi connectivity index (χ1v) is 8.18. The summed E-state index contributed by atoms with van der Waals surface area (Å²) in [4.78, 5) is 27.8. The molecular formula is C19H22N2O4. The number of aromatic nitrogens is 1. The molecule has 1 heterocycles. The average molecular weight is 342 g/mol. The molecular weight excluding hydrogens is 320 g/mol. The Morgan fingerprint density at radius 3 is 2.52 bits per heavy atom. The van der Waals surface area contributed by atoms with E-state index in [4.69, 9.17) is 4.74 Å². The number of benzene rings is 1. The number of methoxy groups -OCH3 is 1. The smallest absolute Gasteiger partial charge is 0.326 e. The number of carbonyl (C=O) groups is 2. The number of carbonyl (C=O) groups excluding carboxylic acids is 1. The highest BCUT2D eigenvalue weighted by atomic mass is 16.5. The van der Waals surface area contributed by atoms with Gasteiger partial charge in [-0.05, 0) is 30.2 Å². The number of rotatable bonds is 8. The summed E-state index contributed by atoms with van der Waals surface area (Å²) in [5, 5.41) is 11.8. The number of unbranched alkanes of at least 4 members (excludes halogenated alkanes) is 1. The number of hydrogen-bond acceptors (Lipinski definition) is 4. The maximum atomic E-state index is 12.4. The Morgan fingerprint density at radius 2 is 1.92 bits per heavy atom. The maximum absolute atomic E-state index is 12.4. The predicted octanol–water partition coefficient (Wildman–Crippen LogP) is 3.13. The number of nitrogens with one attached hydrogen (secondary N) is 1. The quantitative estimate of drug-likeness (QED) is 0.769. The first kappa shape index (κ1) is 18.4. The standard InChI is InChI=1S/C19H22N2O4/c1-3-4-5-17(19(23)24)21-18(22)15-10-14(11-20-12-15)13-6-8-16(25-2)9-7-13/h6-12,17H,3-5H2,1-2H3,(H,21,22)(H,23,24). The molecule has 0 spiro atoms. The molecule has 2 rings (SSSR count). The number of ether oxygens (including phenoxy) is 1. The van der Waals surface area contributed by atoms with Crippen molar-refractivity contribution in [2.24, 2.45) is 0 Å². The van der Waals surface area contributed by atoms with E-state index in [0.29, 0.717) is 12.0 Å². The van der Waals surface area contributed by atoms with Gasteiger partial charge in [-0.15, -0.1) is 0 Å². The minimum absolute atomic E-state index is 0.330. The summed E-state index contributed by atoms with van der Waals surface area (Å²) in [6.07, 6.45) is 5.10. The zero-order valence-corrected chi connectivity index (χ0v) is 14.4. The molecule has 2 aromatic rings. The van der Waals surface area contributed by atoms with Crippen LogP contribution >= 0.6 is 0 Å². The van der Waals surface area contributed by atoms with E-state index < -0.39 is 17.9 Å². The molecule has 132 valence electrons. The molecule has 0 aliphatic rings. The van der Waals surface area contributed by atoms with Crippen molar-refractivity contribution < 1.29 is 19.4 Å². The van der Waals surface area contributed by atoms with Crippen LogP contribution in [0.15, 0.2) is 42.7 Å². The van der Waals surface area contributed by atoms with E-state index in [1.807, 2.05) is 31.2 Å². The van der Waals surface area contributed by atoms with Gasteiger partial charge < -0.3 is 15.2 Å². The number of nitrogens with zero attached hydrogens (tertiary/aromatic N) is 1. The van der Waals surface area contributed by atoms with Crippen LogP contribution in [0, 0.1) is 0 Å². The average Bonchev–Trinajstić information content (AvgIpc) is 2.64. The van der Waals surface area contributed by atoms with E-state index in [1.54, 1.807) is 19.4 Å². The van der Waals surface area contributed by atoms with Gasteiger partial charge in [-0.25, -0.2) is 4.79 Å². The second kappa shape index (κ2) is 8.82. The number of amides is 1. The second-order valence-electron chi connectivity index (χ2n) is 5.70. The molecule has 6 nitrogen and oxygen atoms in total. The van der Waals surface area contributed by atoms with Gasteiger partial charge in [0.25, 0.3) is 5.91 Å². The SMILES string of the molecule is CCCCC(NC(=O)c1cncc(-c2ccc(OC)cc2)c1)C(=O)O. The first-order valence-electron chi connectivity index (χ1n) is 8.18. The summed E-state index contributed by atoms with van der Waals surface area (Å²) in [6, 6.07) is 8.21. The molecule has 1 aromatic carbocycles. The molecule has 0 bridgehead atoms. The highest BCUT2D eigenvalue weighted by Gasteiger charge is 2.20. The van der Waals surface area contributed by atoms with Gasteiger partial charge >= 0.3 is 5.97 Å². The fraction of sp³-hybridized carbons (Fsp3) is 0.316. The van der Waals surface area contributed by atoms with Gasteiger partial charge in [-0.1, -0.05) is 31.9 Å². The van der Waals surface area contributed by atoms with Crippen molar-refractivity contribution in [2.75, 3.05) is 7.11 Å². The first-order chi connectivity index (χ1) is 12.0. The number of carboxylic acid groups (broad SMARTS) is 1. The third-order valence-electron chi connectivity index (χ3n) is 3.87. The van der Waals surface area contributed by atoms with Crippen LogP contribution in [0.2, 0.25) is 0 Å². The van der Waals surface area contributed by atoms with E-state index in [2.05, 4.69) is 10.3 Å². The summed E-state index contributed by atoms with van der Waals surface area (Å²) in [5.74, 6) is -0.724. The molecule has 6 heteroatoms. The molecule has 1 atom stereocenters. The van der Waals surface area contributed by atoms with Crippen molar-refractivity contribution in [1.82, 2.24) is 10.3 Å². The van der Waals surface area contributed by atoms with Gasteiger partial charge in [-0.3, -0.25) is 9.78 Å². The molecule has 0 saturated carbocycles. The summed E-state index contributed by atoms with van der Waals surface area (Å²) in [7, 11) is 1.60. The van der Waals surface area contributed by atoms with Crippen molar-refractivity contribution >= 4 is 11.9 Å². The van der Waals surface area contributed by atoms with Gasteiger partial charge in [0.1, 0.15) is 11.8 Å². The van der Waals surface area contributed by atoms with Crippen LogP contribution in [-0.4, -0.2) is 35.1 Å². The highest BCUT2D eigenvalue weighted by molar-refractivity contribution is 5.97. The fourth-order valence-corrected chi connectivity index (χ4v) is 2.41. The van der Waals surface area contributed by atoms with Crippen LogP contribution in [-0.2, 0) is 4.79 Å². The maximum Gasteiger partial charge on any atom is 0.326 e. The Morgan fingerprint density at radius 1 is 1.20 bits per heavy atom. The van der Waals surface area contributed by atoms with Crippen LogP contribution in [0.4, 0.5) is 0 Å². The van der Waals surface area contributed by atoms with Crippen molar-refractivity contribution in [3.63, 3.8) is 0 Å². The van der Waals surface area contributed by atoms with Crippen molar-refractivity contribution in [3.05, 3.63) is 48.3 Å². The third-order valence-corrected chi connectivity index (χ3v) is 3.87. The van der Waals surface area contributed by atoms with Gasteiger partial charge in [0.05, 0.1) is 12.7 Å². The van der Waals surface area contributed by atoms with E-state index in [-0.39, 0.29) is 0 Å². The van der Waals surface area contributed by atoms with E-state index >= 15 is 0 Å². The van der Waals surface area contributed by atoms with Crippen molar-refractivity contribution in [3.8, 4) is 16.9 Å². The number of hydrogen-bond donors (Lipinski definition) is 2. The zero-order valence-electron chi connectivity index (χ0n) is 14.4. The second-order valence-corrected chi connectivity index (χ2v) is 5.70. The summed E-state index contributed by atoms with van der Waals surface area (Å²) >= 11 is 0. The van der Waals surface area contributed by atoms with Crippen LogP contribution < -0.4 is 10.1 Å². The molecule has 0 aliphatic heterocycles. The highest BCUT2D eigenvalue weighted by Crippen LogP contribution is 2.22. The lowest BCUT2D eigenvalue weighted by Gasteiger charge is -2.14. The molecule has 0 aliphatic carbocycles. The minimum atomic E-state index is -1.03. The van der Waals surface area contributed by atoms with Gasteiger partial charge in [0.15, 0.2) is 0 Å². The van der Waals surface area contributed by atoms with Crippen LogP contribution in [0.3, 0.4) is 0 Å². The normalized spacial score (nSPS) is 11.6. The topological polar surface area (TPSA) is 88.5 Å². The molecule has 25 heavy (non-hydrogen) atoms. The Bertz CT molecular complexity index is 728. The van der Waals surface area contributed by atoms with Crippen molar-refractivity contribution in [2.45, 2.75) is 32.2 Å². The molecule has 1 amide bonds. The zero-order chi connectivity index (χ0) is 18.2. The predicted molar refractivity (Wildman–Crippen MR) is 94.6 cm³/mol. The Balaban J connectivity index is 2.16. The molecule has 2 N–H and O–H groups in total. The minimum Gasteiger partial charge on any atom is -0.497 e. The van der Waals surface area contributed by atoms with Gasteiger partial charge in [0.2, 0.25) is 0 Å². The third kappa shape index (κ3) is 5.04. The lowest BCUT2D eigenvalue weighted by Crippen LogP contribution is -2.40. The fourth-order valence-electron chi connectivity index (χ4n) is 2.41. The van der Waals surface area contributed by atoms with E-state index in [0.717, 1.165) is 29.7 Å². The lowest BCUT2D eigenvalue weighted by molar-refractivity contribution is -0.139. The monoisotopic (exact) mass is 342 g/mol. The van der Waals surface area contributed by atoms with Gasteiger partial charge in [0, 0.05) is 18.0 Å². The molecule has 1 aromatic heterocycles. The summed E-state index contributed by atoms with van der Waals surface area (Å²) < 4.78 is 5.13. The van der Waals surface area contributed by atoms with Crippen LogP contribution in [0.5, 0.6) is 5.75 Å². The van der Waals surface area contributed by atoms with Crippen LogP contribution in [0.25, 0.3) is 11.1 Å². The van der Waals surface area contributed by atoms with Crippen LogP contribution in [0.1, 0.15) is 36.5 Å². The van der Waals surface area contributed by atoms with E-state index in [9.17, 15) is 14.7 Å². The Labute approximate surface area is 146 Å². The number of carboxylic acids is 1. The largest absolute Gasteiger partial charge is 0.497 e. The molecule has 1 unspecified atom stereocenters. The Kier molecular flexibility index (Phi) is 6.51. The summed E-state index contributed by atoms with van der Waals surface area (Å²) in [5.41, 5.74) is 2.00. The number of aliphatic carboxylic acids is 1. The lowest BCUT2D eigenvalue weighted by atomic mass is 10.1. The molecule has 0 saturated heterocycles. The molecule has 0 fully saturated rings.